The van der Waals surface area contributed by atoms with Gasteiger partial charge in [0.15, 0.2) is 0 Å². The van der Waals surface area contributed by atoms with Crippen LogP contribution in [0.5, 0.6) is 0 Å². The number of hydrogen-bond donors (Lipinski definition) is 1. The van der Waals surface area contributed by atoms with Gasteiger partial charge in [-0.25, -0.2) is 0 Å². The van der Waals surface area contributed by atoms with Crippen molar-refractivity contribution in [2.75, 3.05) is 6.61 Å². The van der Waals surface area contributed by atoms with Gasteiger partial charge in [0, 0.05) is 0 Å². The highest BCUT2D eigenvalue weighted by Gasteiger charge is 2.10. The molecule has 0 aromatic carbocycles. The van der Waals surface area contributed by atoms with E-state index in [0.29, 0.717) is 6.04 Å². The molecular formula is C7H13NO. The molecule has 52 valence electrons. The van der Waals surface area contributed by atoms with Crippen LogP contribution in [-0.2, 0) is 4.84 Å². The Bertz CT molecular complexity index is 110. The SMILES string of the molecule is CC(C)=CC1CCON1. The molecule has 0 bridgehead atoms. The van der Waals surface area contributed by atoms with Gasteiger partial charge >= 0.3 is 0 Å². The summed E-state index contributed by atoms with van der Waals surface area (Å²) < 4.78 is 0. The van der Waals surface area contributed by atoms with Crippen molar-refractivity contribution in [2.45, 2.75) is 26.3 Å². The fraction of sp³-hybridized carbons (Fsp3) is 0.714. The molecule has 1 aliphatic rings. The molecule has 9 heavy (non-hydrogen) atoms. The van der Waals surface area contributed by atoms with Crippen LogP contribution in [0.25, 0.3) is 0 Å². The lowest BCUT2D eigenvalue weighted by molar-refractivity contribution is 0.0943. The van der Waals surface area contributed by atoms with Gasteiger partial charge in [0.25, 0.3) is 0 Å². The van der Waals surface area contributed by atoms with Crippen LogP contribution in [0, 0.1) is 0 Å². The normalized spacial score (nSPS) is 26.2. The monoisotopic (exact) mass is 127 g/mol. The average molecular weight is 127 g/mol. The Morgan fingerprint density at radius 2 is 2.44 bits per heavy atom. The number of hydroxylamine groups is 1. The van der Waals surface area contributed by atoms with Crippen LogP contribution in [0.1, 0.15) is 20.3 Å². The molecule has 0 aromatic heterocycles. The first kappa shape index (κ1) is 6.78. The minimum atomic E-state index is 0.454. The molecule has 1 unspecified atom stereocenters. The van der Waals surface area contributed by atoms with Gasteiger partial charge in [-0.05, 0) is 20.3 Å². The van der Waals surface area contributed by atoms with Crippen LogP contribution >= 0.6 is 0 Å². The molecule has 1 fully saturated rings. The predicted molar refractivity (Wildman–Crippen MR) is 36.9 cm³/mol. The first-order valence-electron chi connectivity index (χ1n) is 3.31. The quantitative estimate of drug-likeness (QED) is 0.535. The third-order valence-electron chi connectivity index (χ3n) is 1.30. The van der Waals surface area contributed by atoms with E-state index in [4.69, 9.17) is 4.84 Å². The Morgan fingerprint density at radius 3 is 2.89 bits per heavy atom. The van der Waals surface area contributed by atoms with E-state index in [1.807, 2.05) is 0 Å². The summed E-state index contributed by atoms with van der Waals surface area (Å²) in [7, 11) is 0. The molecule has 2 heteroatoms. The smallest absolute Gasteiger partial charge is 0.0701 e. The van der Waals surface area contributed by atoms with Gasteiger partial charge in [-0.15, -0.1) is 0 Å². The van der Waals surface area contributed by atoms with Crippen molar-refractivity contribution in [3.05, 3.63) is 11.6 Å². The van der Waals surface area contributed by atoms with Crippen LogP contribution in [0.4, 0.5) is 0 Å². The maximum atomic E-state index is 4.96. The summed E-state index contributed by atoms with van der Waals surface area (Å²) in [5.41, 5.74) is 4.26. The molecule has 1 atom stereocenters. The van der Waals surface area contributed by atoms with Crippen molar-refractivity contribution in [3.63, 3.8) is 0 Å². The van der Waals surface area contributed by atoms with Crippen LogP contribution in [0.3, 0.4) is 0 Å². The zero-order valence-corrected chi connectivity index (χ0v) is 5.98. The summed E-state index contributed by atoms with van der Waals surface area (Å²) in [6, 6.07) is 0.454. The Labute approximate surface area is 55.9 Å². The first-order valence-corrected chi connectivity index (χ1v) is 3.31. The van der Waals surface area contributed by atoms with E-state index in [1.165, 1.54) is 5.57 Å². The Morgan fingerprint density at radius 1 is 1.67 bits per heavy atom. The lowest BCUT2D eigenvalue weighted by Crippen LogP contribution is -2.17. The van der Waals surface area contributed by atoms with Crippen molar-refractivity contribution in [1.29, 1.82) is 0 Å². The molecule has 0 spiro atoms. The highest BCUT2D eigenvalue weighted by atomic mass is 16.7. The third-order valence-corrected chi connectivity index (χ3v) is 1.30. The van der Waals surface area contributed by atoms with Crippen molar-refractivity contribution < 1.29 is 4.84 Å². The Balaban J connectivity index is 2.35. The first-order chi connectivity index (χ1) is 4.29. The standard InChI is InChI=1S/C7H13NO/c1-6(2)5-7-3-4-9-8-7/h5,7-8H,3-4H2,1-2H3. The number of rotatable bonds is 1. The van der Waals surface area contributed by atoms with E-state index < -0.39 is 0 Å². The van der Waals surface area contributed by atoms with Crippen LogP contribution < -0.4 is 5.48 Å². The molecule has 1 aliphatic heterocycles. The fourth-order valence-corrected chi connectivity index (χ4v) is 0.931. The van der Waals surface area contributed by atoms with E-state index in [-0.39, 0.29) is 0 Å². The molecule has 0 aliphatic carbocycles. The summed E-state index contributed by atoms with van der Waals surface area (Å²) >= 11 is 0. The summed E-state index contributed by atoms with van der Waals surface area (Å²) in [6.07, 6.45) is 3.29. The highest BCUT2D eigenvalue weighted by molar-refractivity contribution is 5.00. The molecule has 1 saturated heterocycles. The van der Waals surface area contributed by atoms with E-state index >= 15 is 0 Å². The van der Waals surface area contributed by atoms with Gasteiger partial charge in [0.1, 0.15) is 0 Å². The second-order valence-electron chi connectivity index (χ2n) is 2.61. The van der Waals surface area contributed by atoms with Crippen molar-refractivity contribution in [1.82, 2.24) is 5.48 Å². The topological polar surface area (TPSA) is 21.3 Å². The van der Waals surface area contributed by atoms with Crippen molar-refractivity contribution in [2.24, 2.45) is 0 Å². The number of nitrogens with one attached hydrogen (secondary N) is 1. The second kappa shape index (κ2) is 2.99. The highest BCUT2D eigenvalue weighted by Crippen LogP contribution is 2.04. The molecule has 0 aromatic rings. The number of hydrogen-bond acceptors (Lipinski definition) is 2. The molecular weight excluding hydrogens is 114 g/mol. The second-order valence-corrected chi connectivity index (χ2v) is 2.61. The van der Waals surface area contributed by atoms with Crippen LogP contribution in [0.2, 0.25) is 0 Å². The minimum absolute atomic E-state index is 0.454. The zero-order chi connectivity index (χ0) is 6.69. The van der Waals surface area contributed by atoms with Gasteiger partial charge in [-0.1, -0.05) is 11.6 Å². The van der Waals surface area contributed by atoms with Gasteiger partial charge < -0.3 is 4.84 Å². The molecule has 0 saturated carbocycles. The fourth-order valence-electron chi connectivity index (χ4n) is 0.931. The summed E-state index contributed by atoms with van der Waals surface area (Å²) in [4.78, 5) is 4.96. The Kier molecular flexibility index (Phi) is 2.25. The van der Waals surface area contributed by atoms with Crippen LogP contribution in [-0.4, -0.2) is 12.6 Å². The zero-order valence-electron chi connectivity index (χ0n) is 5.98. The molecule has 0 amide bonds. The summed E-state index contributed by atoms with van der Waals surface area (Å²) in [5.74, 6) is 0. The maximum Gasteiger partial charge on any atom is 0.0701 e. The summed E-state index contributed by atoms with van der Waals surface area (Å²) in [5, 5.41) is 0. The van der Waals surface area contributed by atoms with E-state index in [2.05, 4.69) is 25.4 Å². The summed E-state index contributed by atoms with van der Waals surface area (Å²) in [6.45, 7) is 5.04. The lowest BCUT2D eigenvalue weighted by atomic mass is 10.2. The van der Waals surface area contributed by atoms with E-state index in [1.54, 1.807) is 0 Å². The molecule has 1 N–H and O–H groups in total. The van der Waals surface area contributed by atoms with Crippen LogP contribution in [0.15, 0.2) is 11.6 Å². The van der Waals surface area contributed by atoms with Gasteiger partial charge in [0.05, 0.1) is 12.6 Å². The minimum Gasteiger partial charge on any atom is -0.301 e. The molecule has 0 radical (unpaired) electrons. The van der Waals surface area contributed by atoms with Gasteiger partial charge in [-0.3, -0.25) is 0 Å². The number of allylic oxidation sites excluding steroid dienone is 1. The van der Waals surface area contributed by atoms with E-state index in [0.717, 1.165) is 13.0 Å². The van der Waals surface area contributed by atoms with Gasteiger partial charge in [-0.2, -0.15) is 5.48 Å². The molecule has 2 nitrogen and oxygen atoms in total. The van der Waals surface area contributed by atoms with Gasteiger partial charge in [0.2, 0.25) is 0 Å². The third kappa shape index (κ3) is 2.16. The average Bonchev–Trinajstić information content (AvgIpc) is 2.15. The molecule has 1 heterocycles. The van der Waals surface area contributed by atoms with Crippen molar-refractivity contribution in [3.8, 4) is 0 Å². The Hall–Kier alpha value is -0.340. The predicted octanol–water partition coefficient (Wildman–Crippen LogP) is 1.25. The maximum absolute atomic E-state index is 4.96. The molecule has 1 rings (SSSR count). The van der Waals surface area contributed by atoms with Crippen molar-refractivity contribution >= 4 is 0 Å². The van der Waals surface area contributed by atoms with E-state index in [9.17, 15) is 0 Å². The lowest BCUT2D eigenvalue weighted by Gasteiger charge is -2.00. The largest absolute Gasteiger partial charge is 0.301 e.